The SMILES string of the molecule is CC(=O)c1cc(O)c([N+](=O)[O-])cc1Cl. The van der Waals surface area contributed by atoms with Gasteiger partial charge in [0.15, 0.2) is 11.5 Å². The Morgan fingerprint density at radius 2 is 2.14 bits per heavy atom. The van der Waals surface area contributed by atoms with Crippen LogP contribution in [-0.4, -0.2) is 15.8 Å². The normalized spacial score (nSPS) is 9.86. The van der Waals surface area contributed by atoms with Gasteiger partial charge in [0.05, 0.1) is 9.95 Å². The van der Waals surface area contributed by atoms with Crippen LogP contribution in [0.5, 0.6) is 5.75 Å². The van der Waals surface area contributed by atoms with Crippen molar-refractivity contribution in [2.45, 2.75) is 6.92 Å². The average Bonchev–Trinajstić information content (AvgIpc) is 2.07. The smallest absolute Gasteiger partial charge is 0.312 e. The maximum atomic E-state index is 10.9. The van der Waals surface area contributed by atoms with Gasteiger partial charge in [-0.2, -0.15) is 0 Å². The first-order valence-corrected chi connectivity index (χ1v) is 3.99. The van der Waals surface area contributed by atoms with Crippen molar-refractivity contribution in [3.05, 3.63) is 32.8 Å². The molecule has 0 heterocycles. The van der Waals surface area contributed by atoms with Crippen molar-refractivity contribution in [2.24, 2.45) is 0 Å². The number of hydrogen-bond acceptors (Lipinski definition) is 4. The summed E-state index contributed by atoms with van der Waals surface area (Å²) in [7, 11) is 0. The van der Waals surface area contributed by atoms with E-state index < -0.39 is 16.4 Å². The Bertz CT molecular complexity index is 376. The number of ketones is 1. The second-order valence-electron chi connectivity index (χ2n) is 2.63. The molecule has 0 saturated carbocycles. The fraction of sp³-hybridized carbons (Fsp3) is 0.125. The summed E-state index contributed by atoms with van der Waals surface area (Å²) in [6.45, 7) is 1.26. The van der Waals surface area contributed by atoms with Gasteiger partial charge in [-0.15, -0.1) is 0 Å². The number of hydrogen-bond donors (Lipinski definition) is 1. The van der Waals surface area contributed by atoms with Crippen LogP contribution in [0.1, 0.15) is 17.3 Å². The molecule has 0 atom stereocenters. The van der Waals surface area contributed by atoms with Gasteiger partial charge in [-0.25, -0.2) is 0 Å². The van der Waals surface area contributed by atoms with Gasteiger partial charge in [0.25, 0.3) is 0 Å². The Balaban J connectivity index is 3.38. The highest BCUT2D eigenvalue weighted by atomic mass is 35.5. The van der Waals surface area contributed by atoms with Gasteiger partial charge in [0.2, 0.25) is 0 Å². The predicted molar refractivity (Wildman–Crippen MR) is 49.8 cm³/mol. The minimum atomic E-state index is -0.773. The number of nitro groups is 1. The topological polar surface area (TPSA) is 80.4 Å². The molecule has 0 aliphatic heterocycles. The zero-order valence-electron chi connectivity index (χ0n) is 7.15. The van der Waals surface area contributed by atoms with Crippen molar-refractivity contribution >= 4 is 23.1 Å². The van der Waals surface area contributed by atoms with Crippen molar-refractivity contribution in [1.82, 2.24) is 0 Å². The first kappa shape index (κ1) is 10.5. The van der Waals surface area contributed by atoms with E-state index in [1.165, 1.54) is 6.92 Å². The number of phenols is 1. The lowest BCUT2D eigenvalue weighted by molar-refractivity contribution is -0.385. The van der Waals surface area contributed by atoms with Gasteiger partial charge in [-0.1, -0.05) is 11.6 Å². The predicted octanol–water partition coefficient (Wildman–Crippen LogP) is 2.16. The second-order valence-corrected chi connectivity index (χ2v) is 3.04. The van der Waals surface area contributed by atoms with Crippen LogP contribution in [0, 0.1) is 10.1 Å². The summed E-state index contributed by atoms with van der Waals surface area (Å²) < 4.78 is 0. The molecule has 6 heteroatoms. The summed E-state index contributed by atoms with van der Waals surface area (Å²) in [4.78, 5) is 20.5. The molecule has 0 unspecified atom stereocenters. The summed E-state index contributed by atoms with van der Waals surface area (Å²) in [5.41, 5.74) is -0.449. The van der Waals surface area contributed by atoms with E-state index in [0.29, 0.717) is 0 Å². The highest BCUT2D eigenvalue weighted by molar-refractivity contribution is 6.34. The second kappa shape index (κ2) is 3.63. The summed E-state index contributed by atoms with van der Waals surface area (Å²) in [6.07, 6.45) is 0. The van der Waals surface area contributed by atoms with Gasteiger partial charge < -0.3 is 5.11 Å². The Morgan fingerprint density at radius 1 is 1.57 bits per heavy atom. The van der Waals surface area contributed by atoms with Crippen LogP contribution in [0.4, 0.5) is 5.69 Å². The van der Waals surface area contributed by atoms with Crippen LogP contribution in [-0.2, 0) is 0 Å². The number of benzene rings is 1. The molecule has 1 rings (SSSR count). The maximum absolute atomic E-state index is 10.9. The lowest BCUT2D eigenvalue weighted by Gasteiger charge is -2.01. The summed E-state index contributed by atoms with van der Waals surface area (Å²) in [5, 5.41) is 19.5. The van der Waals surface area contributed by atoms with Crippen LogP contribution in [0.2, 0.25) is 5.02 Å². The molecule has 0 radical (unpaired) electrons. The number of carbonyl (C=O) groups excluding carboxylic acids is 1. The van der Waals surface area contributed by atoms with Crippen molar-refractivity contribution in [3.63, 3.8) is 0 Å². The Labute approximate surface area is 84.1 Å². The van der Waals surface area contributed by atoms with Gasteiger partial charge in [0, 0.05) is 11.6 Å². The minimum absolute atomic E-state index is 0.0398. The molecule has 1 aromatic carbocycles. The largest absolute Gasteiger partial charge is 0.502 e. The Morgan fingerprint density at radius 3 is 2.57 bits per heavy atom. The molecule has 0 spiro atoms. The number of nitrogens with zero attached hydrogens (tertiary/aromatic N) is 1. The fourth-order valence-corrected chi connectivity index (χ4v) is 1.26. The number of halogens is 1. The first-order chi connectivity index (χ1) is 6.43. The first-order valence-electron chi connectivity index (χ1n) is 3.61. The van der Waals surface area contributed by atoms with Crippen LogP contribution in [0.25, 0.3) is 0 Å². The molecule has 0 fully saturated rings. The quantitative estimate of drug-likeness (QED) is 0.466. The number of aromatic hydroxyl groups is 1. The number of carbonyl (C=O) groups is 1. The van der Waals surface area contributed by atoms with Crippen LogP contribution in [0.15, 0.2) is 12.1 Å². The lowest BCUT2D eigenvalue weighted by atomic mass is 10.1. The number of nitro benzene ring substituents is 1. The monoisotopic (exact) mass is 215 g/mol. The molecule has 1 N–H and O–H groups in total. The van der Waals surface area contributed by atoms with Gasteiger partial charge in [-0.3, -0.25) is 14.9 Å². The van der Waals surface area contributed by atoms with Crippen molar-refractivity contribution < 1.29 is 14.8 Å². The Hall–Kier alpha value is -1.62. The highest BCUT2D eigenvalue weighted by Crippen LogP contribution is 2.31. The molecule has 5 nitrogen and oxygen atoms in total. The number of rotatable bonds is 2. The molecule has 1 aromatic rings. The van der Waals surface area contributed by atoms with E-state index in [2.05, 4.69) is 0 Å². The zero-order valence-corrected chi connectivity index (χ0v) is 7.91. The standard InChI is InChI=1S/C8H6ClNO4/c1-4(11)5-2-8(12)7(10(13)14)3-6(5)9/h2-3,12H,1H3. The fourth-order valence-electron chi connectivity index (χ4n) is 0.967. The Kier molecular flexibility index (Phi) is 2.71. The third-order valence-electron chi connectivity index (χ3n) is 1.64. The summed E-state index contributed by atoms with van der Waals surface area (Å²) in [6, 6.07) is 1.94. The molecular formula is C8H6ClNO4. The molecular weight excluding hydrogens is 210 g/mol. The van der Waals surface area contributed by atoms with E-state index in [9.17, 15) is 20.0 Å². The van der Waals surface area contributed by atoms with Crippen molar-refractivity contribution in [2.75, 3.05) is 0 Å². The molecule has 0 aromatic heterocycles. The van der Waals surface area contributed by atoms with Gasteiger partial charge in [-0.05, 0) is 13.0 Å². The molecule has 74 valence electrons. The van der Waals surface area contributed by atoms with Crippen LogP contribution >= 0.6 is 11.6 Å². The van der Waals surface area contributed by atoms with Gasteiger partial charge in [0.1, 0.15) is 0 Å². The van der Waals surface area contributed by atoms with E-state index in [1.807, 2.05) is 0 Å². The molecule has 0 aliphatic carbocycles. The van der Waals surface area contributed by atoms with E-state index >= 15 is 0 Å². The molecule has 0 aliphatic rings. The number of phenolic OH excluding ortho intramolecular Hbond substituents is 1. The average molecular weight is 216 g/mol. The number of Topliss-reactive ketones (excluding diaryl/α,β-unsaturated/α-hetero) is 1. The van der Waals surface area contributed by atoms with Crippen molar-refractivity contribution in [3.8, 4) is 5.75 Å². The van der Waals surface area contributed by atoms with Crippen LogP contribution in [0.3, 0.4) is 0 Å². The summed E-state index contributed by atoms with van der Waals surface area (Å²) in [5.74, 6) is -0.926. The minimum Gasteiger partial charge on any atom is -0.502 e. The lowest BCUT2D eigenvalue weighted by Crippen LogP contribution is -1.96. The van der Waals surface area contributed by atoms with E-state index in [0.717, 1.165) is 12.1 Å². The van der Waals surface area contributed by atoms with E-state index in [4.69, 9.17) is 11.6 Å². The molecule has 0 bridgehead atoms. The van der Waals surface area contributed by atoms with Crippen LogP contribution < -0.4 is 0 Å². The maximum Gasteiger partial charge on any atom is 0.312 e. The van der Waals surface area contributed by atoms with E-state index in [1.54, 1.807) is 0 Å². The third kappa shape index (κ3) is 1.82. The van der Waals surface area contributed by atoms with Crippen molar-refractivity contribution in [1.29, 1.82) is 0 Å². The zero-order chi connectivity index (χ0) is 10.9. The molecule has 0 amide bonds. The molecule has 0 saturated heterocycles. The third-order valence-corrected chi connectivity index (χ3v) is 1.95. The molecule has 14 heavy (non-hydrogen) atoms. The van der Waals surface area contributed by atoms with E-state index in [-0.39, 0.29) is 16.4 Å². The summed E-state index contributed by atoms with van der Waals surface area (Å²) >= 11 is 5.60. The van der Waals surface area contributed by atoms with Gasteiger partial charge >= 0.3 is 5.69 Å². The highest BCUT2D eigenvalue weighted by Gasteiger charge is 2.18.